The van der Waals surface area contributed by atoms with Crippen molar-refractivity contribution < 1.29 is 4.42 Å². The van der Waals surface area contributed by atoms with Crippen molar-refractivity contribution >= 4 is 6.29 Å². The molecule has 0 N–H and O–H groups in total. The number of rotatable bonds is 2. The Morgan fingerprint density at radius 1 is 1.44 bits per heavy atom. The molecule has 0 atom stereocenters. The Bertz CT molecular complexity index is 142. The first-order valence-electron chi connectivity index (χ1n) is 3.16. The number of hydrogen-bond donors (Lipinski definition) is 0. The van der Waals surface area contributed by atoms with Crippen LogP contribution in [0.4, 0.5) is 0 Å². The van der Waals surface area contributed by atoms with E-state index in [1.54, 1.807) is 0 Å². The van der Waals surface area contributed by atoms with Gasteiger partial charge >= 0.3 is 0 Å². The van der Waals surface area contributed by atoms with Crippen LogP contribution in [0, 0.1) is 5.92 Å². The van der Waals surface area contributed by atoms with Gasteiger partial charge in [-0.1, -0.05) is 30.2 Å². The smallest absolute Gasteiger partial charge is 0.215 e. The highest BCUT2D eigenvalue weighted by atomic mass is 16.4. The average Bonchev–Trinajstić information content (AvgIpc) is 2.34. The fourth-order valence-corrected chi connectivity index (χ4v) is 0.690. The minimum absolute atomic E-state index is 0.282. The molecule has 0 saturated carbocycles. The van der Waals surface area contributed by atoms with E-state index >= 15 is 0 Å². The van der Waals surface area contributed by atoms with E-state index in [2.05, 4.69) is 6.29 Å². The Morgan fingerprint density at radius 2 is 2.11 bits per heavy atom. The minimum Gasteiger partial charge on any atom is -0.456 e. The zero-order valence-corrected chi connectivity index (χ0v) is 5.50. The summed E-state index contributed by atoms with van der Waals surface area (Å²) in [7, 11) is 0. The lowest BCUT2D eigenvalue weighted by Crippen LogP contribution is -1.92. The van der Waals surface area contributed by atoms with Gasteiger partial charge in [0.15, 0.2) is 0 Å². The van der Waals surface area contributed by atoms with Gasteiger partial charge in [0.2, 0.25) is 6.61 Å². The molecule has 0 aromatic heterocycles. The molecular formula is C8H10O. The van der Waals surface area contributed by atoms with Crippen molar-refractivity contribution in [3.8, 4) is 0 Å². The molecule has 0 saturated heterocycles. The van der Waals surface area contributed by atoms with E-state index in [-0.39, 0.29) is 5.92 Å². The first-order chi connectivity index (χ1) is 4.43. The Kier molecular flexibility index (Phi) is 2.25. The van der Waals surface area contributed by atoms with Crippen LogP contribution in [0.1, 0.15) is 6.92 Å². The topological polar surface area (TPSA) is 11.3 Å². The molecule has 0 spiro atoms. The highest BCUT2D eigenvalue weighted by molar-refractivity contribution is 5.62. The predicted octanol–water partition coefficient (Wildman–Crippen LogP) is 1.39. The van der Waals surface area contributed by atoms with Crippen LogP contribution in [-0.2, 0) is 4.42 Å². The highest BCUT2D eigenvalue weighted by Crippen LogP contribution is 2.04. The molecule has 0 aliphatic heterocycles. The van der Waals surface area contributed by atoms with E-state index in [0.717, 1.165) is 0 Å². The van der Waals surface area contributed by atoms with Gasteiger partial charge < -0.3 is 4.42 Å². The summed E-state index contributed by atoms with van der Waals surface area (Å²) in [5, 5.41) is 0. The summed E-state index contributed by atoms with van der Waals surface area (Å²) in [6.07, 6.45) is 10.9. The molecule has 0 aromatic carbocycles. The standard InChI is InChI=1S/C8H10O/c1-2-9-7-8-5-3-4-6-8/h3-6,8H,2H2,1H3. The van der Waals surface area contributed by atoms with Crippen molar-refractivity contribution in [3.63, 3.8) is 0 Å². The van der Waals surface area contributed by atoms with Gasteiger partial charge in [0, 0.05) is 6.92 Å². The zero-order chi connectivity index (χ0) is 6.53. The van der Waals surface area contributed by atoms with Crippen molar-refractivity contribution in [2.75, 3.05) is 6.61 Å². The van der Waals surface area contributed by atoms with Gasteiger partial charge in [0.1, 0.15) is 0 Å². The monoisotopic (exact) mass is 122 g/mol. The second-order valence-electron chi connectivity index (χ2n) is 1.85. The van der Waals surface area contributed by atoms with Crippen molar-refractivity contribution in [2.24, 2.45) is 5.92 Å². The third-order valence-electron chi connectivity index (χ3n) is 1.11. The van der Waals surface area contributed by atoms with E-state index in [1.807, 2.05) is 31.2 Å². The van der Waals surface area contributed by atoms with Crippen LogP contribution >= 0.6 is 0 Å². The second kappa shape index (κ2) is 3.23. The van der Waals surface area contributed by atoms with Gasteiger partial charge in [0.05, 0.1) is 0 Å². The third kappa shape index (κ3) is 1.84. The molecule has 1 nitrogen and oxygen atoms in total. The lowest BCUT2D eigenvalue weighted by atomic mass is 10.2. The Hall–Kier alpha value is -0.850. The summed E-state index contributed by atoms with van der Waals surface area (Å²) < 4.78 is 4.96. The summed E-state index contributed by atoms with van der Waals surface area (Å²) in [6.45, 7) is 2.66. The molecule has 0 fully saturated rings. The lowest BCUT2D eigenvalue weighted by molar-refractivity contribution is 0.119. The van der Waals surface area contributed by atoms with Gasteiger partial charge in [-0.25, -0.2) is 0 Å². The van der Waals surface area contributed by atoms with Gasteiger partial charge in [0.25, 0.3) is 0 Å². The maximum atomic E-state index is 4.96. The van der Waals surface area contributed by atoms with E-state index in [9.17, 15) is 0 Å². The van der Waals surface area contributed by atoms with Crippen LogP contribution < -0.4 is 0 Å². The average molecular weight is 122 g/mol. The van der Waals surface area contributed by atoms with Crippen molar-refractivity contribution in [1.29, 1.82) is 0 Å². The Morgan fingerprint density at radius 3 is 2.67 bits per heavy atom. The van der Waals surface area contributed by atoms with E-state index in [0.29, 0.717) is 6.61 Å². The summed E-state index contributed by atoms with van der Waals surface area (Å²) in [4.78, 5) is 0. The second-order valence-corrected chi connectivity index (χ2v) is 1.85. The van der Waals surface area contributed by atoms with Crippen molar-refractivity contribution in [3.05, 3.63) is 24.3 Å². The largest absolute Gasteiger partial charge is 0.456 e. The first kappa shape index (κ1) is 6.27. The first-order valence-corrected chi connectivity index (χ1v) is 3.16. The summed E-state index contributed by atoms with van der Waals surface area (Å²) in [5.74, 6) is 0.282. The van der Waals surface area contributed by atoms with Gasteiger partial charge in [-0.15, -0.1) is 0 Å². The quantitative estimate of drug-likeness (QED) is 0.387. The van der Waals surface area contributed by atoms with Gasteiger partial charge in [-0.05, 0) is 6.29 Å². The molecule has 0 aromatic rings. The molecule has 0 unspecified atom stereocenters. The third-order valence-corrected chi connectivity index (χ3v) is 1.11. The van der Waals surface area contributed by atoms with Crippen LogP contribution in [0.25, 0.3) is 0 Å². The summed E-state index contributed by atoms with van der Waals surface area (Å²) in [6, 6.07) is 0. The van der Waals surface area contributed by atoms with Gasteiger partial charge in [-0.3, -0.25) is 0 Å². The zero-order valence-electron chi connectivity index (χ0n) is 5.50. The minimum atomic E-state index is 0.282. The molecule has 0 heterocycles. The maximum absolute atomic E-state index is 4.96. The molecule has 1 heteroatoms. The van der Waals surface area contributed by atoms with Gasteiger partial charge in [-0.2, -0.15) is 0 Å². The Balaban J connectivity index is 2.36. The van der Waals surface area contributed by atoms with Crippen molar-refractivity contribution in [2.45, 2.75) is 6.92 Å². The van der Waals surface area contributed by atoms with E-state index in [4.69, 9.17) is 4.42 Å². The molecule has 0 bridgehead atoms. The van der Waals surface area contributed by atoms with Crippen LogP contribution in [0.3, 0.4) is 0 Å². The van der Waals surface area contributed by atoms with Crippen LogP contribution in [-0.4, -0.2) is 12.9 Å². The molecule has 1 aliphatic carbocycles. The summed E-state index contributed by atoms with van der Waals surface area (Å²) >= 11 is 0. The van der Waals surface area contributed by atoms with Crippen molar-refractivity contribution in [1.82, 2.24) is 0 Å². The van der Waals surface area contributed by atoms with E-state index < -0.39 is 0 Å². The lowest BCUT2D eigenvalue weighted by Gasteiger charge is -1.96. The molecule has 0 amide bonds. The molecule has 9 heavy (non-hydrogen) atoms. The Labute approximate surface area is 55.4 Å². The van der Waals surface area contributed by atoms with Crippen LogP contribution in [0.2, 0.25) is 0 Å². The fourth-order valence-electron chi connectivity index (χ4n) is 0.690. The van der Waals surface area contributed by atoms with E-state index in [1.165, 1.54) is 0 Å². The summed E-state index contributed by atoms with van der Waals surface area (Å²) in [5.41, 5.74) is 0. The van der Waals surface area contributed by atoms with Crippen LogP contribution in [0.5, 0.6) is 0 Å². The molecule has 1 rings (SSSR count). The fraction of sp³-hybridized carbons (Fsp3) is 0.375. The normalized spacial score (nSPS) is 18.3. The molecule has 0 radical (unpaired) electrons. The number of allylic oxidation sites excluding steroid dienone is 4. The molecular weight excluding hydrogens is 112 g/mol. The van der Waals surface area contributed by atoms with Crippen LogP contribution in [0.15, 0.2) is 24.3 Å². The SMILES string of the molecule is CC[O+]=[C-]C1C=CC=C1. The highest BCUT2D eigenvalue weighted by Gasteiger charge is 1.92. The maximum Gasteiger partial charge on any atom is 0.215 e. The predicted molar refractivity (Wildman–Crippen MR) is 38.0 cm³/mol. The molecule has 1 aliphatic rings. The number of carbonyl (C=O) groups excluding carboxylic acids is 1. The molecule has 48 valence electrons. The number of hydrogen-bond acceptors (Lipinski definition) is 0.